The van der Waals surface area contributed by atoms with Crippen LogP contribution in [0.1, 0.15) is 19.0 Å². The minimum Gasteiger partial charge on any atom is -0.345 e. The van der Waals surface area contributed by atoms with E-state index in [9.17, 15) is 0 Å². The molecule has 0 spiro atoms. The molecule has 0 aliphatic heterocycles. The van der Waals surface area contributed by atoms with Gasteiger partial charge in [0, 0.05) is 18.5 Å². The fourth-order valence-corrected chi connectivity index (χ4v) is 2.22. The molecule has 3 nitrogen and oxygen atoms in total. The van der Waals surface area contributed by atoms with Gasteiger partial charge in [-0.1, -0.05) is 37.1 Å². The maximum atomic E-state index is 5.74. The zero-order chi connectivity index (χ0) is 13.7. The molecule has 0 atom stereocenters. The van der Waals surface area contributed by atoms with Crippen LogP contribution in [0.3, 0.4) is 0 Å². The summed E-state index contributed by atoms with van der Waals surface area (Å²) in [6.07, 6.45) is 6.50. The zero-order valence-electron chi connectivity index (χ0n) is 11.3. The van der Waals surface area contributed by atoms with E-state index < -0.39 is 0 Å². The molecule has 0 bridgehead atoms. The van der Waals surface area contributed by atoms with Crippen molar-refractivity contribution in [2.45, 2.75) is 19.9 Å². The van der Waals surface area contributed by atoms with Gasteiger partial charge in [-0.2, -0.15) is 0 Å². The number of rotatable bonds is 5. The van der Waals surface area contributed by atoms with Crippen molar-refractivity contribution in [1.82, 2.24) is 4.98 Å². The third-order valence-corrected chi connectivity index (χ3v) is 3.06. The standard InChI is InChI=1S/C16H19N3/c1-3-9-19(10-4-2)16-15-8-6-5-7-13(15)11-14(12-17)18-16/h1,5-8,11H,4,9-10,12,17H2,2H3. The smallest absolute Gasteiger partial charge is 0.137 e. The predicted molar refractivity (Wildman–Crippen MR) is 81.0 cm³/mol. The van der Waals surface area contributed by atoms with Crippen LogP contribution >= 0.6 is 0 Å². The van der Waals surface area contributed by atoms with E-state index in [1.807, 2.05) is 18.2 Å². The molecule has 1 aromatic heterocycles. The van der Waals surface area contributed by atoms with Gasteiger partial charge in [-0.15, -0.1) is 6.42 Å². The minimum absolute atomic E-state index is 0.438. The summed E-state index contributed by atoms with van der Waals surface area (Å²) in [4.78, 5) is 6.80. The van der Waals surface area contributed by atoms with Gasteiger partial charge in [0.2, 0.25) is 0 Å². The number of pyridine rings is 1. The van der Waals surface area contributed by atoms with Crippen molar-refractivity contribution < 1.29 is 0 Å². The molecule has 2 rings (SSSR count). The lowest BCUT2D eigenvalue weighted by atomic mass is 10.1. The largest absolute Gasteiger partial charge is 0.345 e. The van der Waals surface area contributed by atoms with Crippen molar-refractivity contribution in [2.24, 2.45) is 5.73 Å². The first-order chi connectivity index (χ1) is 9.30. The number of fused-ring (bicyclic) bond motifs is 1. The van der Waals surface area contributed by atoms with E-state index >= 15 is 0 Å². The van der Waals surface area contributed by atoms with Gasteiger partial charge in [0.1, 0.15) is 5.82 Å². The van der Waals surface area contributed by atoms with E-state index in [0.717, 1.165) is 35.2 Å². The summed E-state index contributed by atoms with van der Waals surface area (Å²) in [7, 11) is 0. The SMILES string of the molecule is C#CCN(CCC)c1nc(CN)cc2ccccc12. The number of hydrogen-bond acceptors (Lipinski definition) is 3. The van der Waals surface area contributed by atoms with Crippen LogP contribution in [0.15, 0.2) is 30.3 Å². The Balaban J connectivity index is 2.58. The minimum atomic E-state index is 0.438. The lowest BCUT2D eigenvalue weighted by Gasteiger charge is -2.23. The summed E-state index contributed by atoms with van der Waals surface area (Å²) < 4.78 is 0. The highest BCUT2D eigenvalue weighted by atomic mass is 15.2. The molecular formula is C16H19N3. The van der Waals surface area contributed by atoms with Crippen molar-refractivity contribution in [3.05, 3.63) is 36.0 Å². The number of aromatic nitrogens is 1. The molecule has 19 heavy (non-hydrogen) atoms. The summed E-state index contributed by atoms with van der Waals surface area (Å²) in [5, 5.41) is 2.29. The Bertz CT molecular complexity index is 598. The Kier molecular flexibility index (Phi) is 4.38. The second kappa shape index (κ2) is 6.21. The van der Waals surface area contributed by atoms with Crippen LogP contribution in [-0.2, 0) is 6.54 Å². The number of terminal acetylenes is 1. The number of nitrogens with zero attached hydrogens (tertiary/aromatic N) is 2. The highest BCUT2D eigenvalue weighted by Crippen LogP contribution is 2.25. The van der Waals surface area contributed by atoms with E-state index in [1.54, 1.807) is 0 Å². The highest BCUT2D eigenvalue weighted by molar-refractivity contribution is 5.92. The number of nitrogens with two attached hydrogens (primary N) is 1. The van der Waals surface area contributed by atoms with Crippen molar-refractivity contribution in [3.8, 4) is 12.3 Å². The predicted octanol–water partition coefficient (Wildman–Crippen LogP) is 2.54. The van der Waals surface area contributed by atoms with Crippen LogP contribution in [0.2, 0.25) is 0 Å². The van der Waals surface area contributed by atoms with Crippen molar-refractivity contribution in [2.75, 3.05) is 18.0 Å². The van der Waals surface area contributed by atoms with E-state index in [1.165, 1.54) is 0 Å². The summed E-state index contributed by atoms with van der Waals surface area (Å²) >= 11 is 0. The molecule has 1 aromatic carbocycles. The molecule has 3 heteroatoms. The Morgan fingerprint density at radius 2 is 2.16 bits per heavy atom. The molecule has 0 unspecified atom stereocenters. The molecule has 1 heterocycles. The van der Waals surface area contributed by atoms with Crippen molar-refractivity contribution in [3.63, 3.8) is 0 Å². The Hall–Kier alpha value is -2.05. The zero-order valence-corrected chi connectivity index (χ0v) is 11.3. The molecule has 0 aliphatic carbocycles. The number of benzene rings is 1. The molecule has 0 saturated heterocycles. The van der Waals surface area contributed by atoms with Crippen LogP contribution in [-0.4, -0.2) is 18.1 Å². The summed E-state index contributed by atoms with van der Waals surface area (Å²) in [5.41, 5.74) is 6.63. The molecule has 98 valence electrons. The first-order valence-electron chi connectivity index (χ1n) is 6.57. The van der Waals surface area contributed by atoms with Gasteiger partial charge in [0.05, 0.1) is 12.2 Å². The number of hydrogen-bond donors (Lipinski definition) is 1. The maximum Gasteiger partial charge on any atom is 0.137 e. The van der Waals surface area contributed by atoms with Crippen LogP contribution in [0.4, 0.5) is 5.82 Å². The quantitative estimate of drug-likeness (QED) is 0.833. The second-order valence-corrected chi connectivity index (χ2v) is 4.49. The molecular weight excluding hydrogens is 234 g/mol. The monoisotopic (exact) mass is 253 g/mol. The first-order valence-corrected chi connectivity index (χ1v) is 6.57. The molecule has 2 N–H and O–H groups in total. The van der Waals surface area contributed by atoms with Crippen LogP contribution in [0, 0.1) is 12.3 Å². The molecule has 0 radical (unpaired) electrons. The second-order valence-electron chi connectivity index (χ2n) is 4.49. The average molecular weight is 253 g/mol. The van der Waals surface area contributed by atoms with E-state index in [2.05, 4.69) is 34.9 Å². The first kappa shape index (κ1) is 13.4. The summed E-state index contributed by atoms with van der Waals surface area (Å²) in [6, 6.07) is 10.3. The summed E-state index contributed by atoms with van der Waals surface area (Å²) in [6.45, 7) is 4.04. The van der Waals surface area contributed by atoms with Gasteiger partial charge in [0.15, 0.2) is 0 Å². The molecule has 0 fully saturated rings. The van der Waals surface area contributed by atoms with Crippen LogP contribution in [0.5, 0.6) is 0 Å². The number of anilines is 1. The average Bonchev–Trinajstić information content (AvgIpc) is 2.46. The molecule has 0 saturated carbocycles. The fourth-order valence-electron chi connectivity index (χ4n) is 2.22. The highest BCUT2D eigenvalue weighted by Gasteiger charge is 2.11. The van der Waals surface area contributed by atoms with Gasteiger partial charge < -0.3 is 10.6 Å². The fraction of sp³-hybridized carbons (Fsp3) is 0.312. The van der Waals surface area contributed by atoms with E-state index in [0.29, 0.717) is 13.1 Å². The molecule has 2 aromatic rings. The van der Waals surface area contributed by atoms with Crippen molar-refractivity contribution in [1.29, 1.82) is 0 Å². The third-order valence-electron chi connectivity index (χ3n) is 3.06. The summed E-state index contributed by atoms with van der Waals surface area (Å²) in [5.74, 6) is 3.65. The maximum absolute atomic E-state index is 5.74. The Morgan fingerprint density at radius 1 is 1.37 bits per heavy atom. The van der Waals surface area contributed by atoms with Gasteiger partial charge >= 0.3 is 0 Å². The molecule has 0 aliphatic rings. The molecule has 0 amide bonds. The van der Waals surface area contributed by atoms with Gasteiger partial charge in [0.25, 0.3) is 0 Å². The van der Waals surface area contributed by atoms with Gasteiger partial charge in [-0.05, 0) is 17.9 Å². The lowest BCUT2D eigenvalue weighted by molar-refractivity contribution is 0.807. The van der Waals surface area contributed by atoms with Gasteiger partial charge in [-0.3, -0.25) is 0 Å². The van der Waals surface area contributed by atoms with E-state index in [4.69, 9.17) is 12.2 Å². The van der Waals surface area contributed by atoms with Crippen molar-refractivity contribution >= 4 is 16.6 Å². The van der Waals surface area contributed by atoms with Crippen LogP contribution < -0.4 is 10.6 Å². The third kappa shape index (κ3) is 2.86. The van der Waals surface area contributed by atoms with E-state index in [-0.39, 0.29) is 0 Å². The van der Waals surface area contributed by atoms with Gasteiger partial charge in [-0.25, -0.2) is 4.98 Å². The van der Waals surface area contributed by atoms with Crippen LogP contribution in [0.25, 0.3) is 10.8 Å². The Labute approximate surface area is 114 Å². The normalized spacial score (nSPS) is 10.4. The Morgan fingerprint density at radius 3 is 2.84 bits per heavy atom. The lowest BCUT2D eigenvalue weighted by Crippen LogP contribution is -2.26. The topological polar surface area (TPSA) is 42.2 Å².